The lowest BCUT2D eigenvalue weighted by Crippen LogP contribution is -2.36. The molecule has 6 nitrogen and oxygen atoms in total. The Morgan fingerprint density at radius 3 is 2.39 bits per heavy atom. The van der Waals surface area contributed by atoms with E-state index in [1.165, 1.54) is 0 Å². The molecular formula is C21H25BrN4O2. The molecule has 0 bridgehead atoms. The quantitative estimate of drug-likeness (QED) is 0.528. The highest BCUT2D eigenvalue weighted by molar-refractivity contribution is 9.10. The summed E-state index contributed by atoms with van der Waals surface area (Å²) in [6.07, 6.45) is 1.59. The molecule has 1 amide bonds. The minimum Gasteiger partial charge on any atom is -0.496 e. The monoisotopic (exact) mass is 444 g/mol. The van der Waals surface area contributed by atoms with Crippen molar-refractivity contribution in [3.63, 3.8) is 0 Å². The Morgan fingerprint density at radius 2 is 1.82 bits per heavy atom. The Morgan fingerprint density at radius 1 is 1.14 bits per heavy atom. The van der Waals surface area contributed by atoms with Gasteiger partial charge in [-0.15, -0.1) is 0 Å². The molecular weight excluding hydrogens is 420 g/mol. The lowest BCUT2D eigenvalue weighted by Gasteiger charge is -2.16. The number of carbonyl (C=O) groups is 1. The number of ether oxygens (including phenoxy) is 1. The largest absolute Gasteiger partial charge is 0.496 e. The van der Waals surface area contributed by atoms with Gasteiger partial charge in [-0.05, 0) is 57.7 Å². The number of nitrogens with zero attached hydrogens (tertiary/aromatic N) is 2. The predicted molar refractivity (Wildman–Crippen MR) is 116 cm³/mol. The molecule has 3 rings (SSSR count). The number of aliphatic imine (C=N–C) groups is 1. The zero-order valence-electron chi connectivity index (χ0n) is 16.2. The second-order valence-corrected chi connectivity index (χ2v) is 7.42. The SMILES string of the molecule is CN=C(NCc1ccc(N2CCCC2=O)cc1)NCc1ccc(OC)c(Br)c1. The summed E-state index contributed by atoms with van der Waals surface area (Å²) in [6.45, 7) is 2.12. The smallest absolute Gasteiger partial charge is 0.227 e. The molecule has 0 unspecified atom stereocenters. The molecule has 1 fully saturated rings. The van der Waals surface area contributed by atoms with Crippen LogP contribution in [0.5, 0.6) is 5.75 Å². The van der Waals surface area contributed by atoms with Crippen LogP contribution in [0.2, 0.25) is 0 Å². The van der Waals surface area contributed by atoms with E-state index in [9.17, 15) is 4.79 Å². The maximum atomic E-state index is 11.8. The molecule has 2 aromatic rings. The highest BCUT2D eigenvalue weighted by atomic mass is 79.9. The van der Waals surface area contributed by atoms with Crippen LogP contribution in [0.4, 0.5) is 5.69 Å². The predicted octanol–water partition coefficient (Wildman–Crippen LogP) is 3.45. The van der Waals surface area contributed by atoms with Crippen LogP contribution in [0, 0.1) is 0 Å². The van der Waals surface area contributed by atoms with Crippen LogP contribution in [-0.4, -0.2) is 32.6 Å². The van der Waals surface area contributed by atoms with Gasteiger partial charge in [0.1, 0.15) is 5.75 Å². The molecule has 1 aliphatic rings. The van der Waals surface area contributed by atoms with E-state index in [2.05, 4.69) is 31.6 Å². The van der Waals surface area contributed by atoms with Crippen molar-refractivity contribution >= 4 is 33.5 Å². The maximum Gasteiger partial charge on any atom is 0.227 e. The van der Waals surface area contributed by atoms with Crippen molar-refractivity contribution in [2.24, 2.45) is 4.99 Å². The number of rotatable bonds is 6. The average Bonchev–Trinajstić information content (AvgIpc) is 3.14. The second kappa shape index (κ2) is 9.59. The van der Waals surface area contributed by atoms with Crippen molar-refractivity contribution in [1.29, 1.82) is 0 Å². The Balaban J connectivity index is 1.51. The number of methoxy groups -OCH3 is 1. The Hall–Kier alpha value is -2.54. The molecule has 1 aliphatic heterocycles. The van der Waals surface area contributed by atoms with Crippen molar-refractivity contribution in [1.82, 2.24) is 10.6 Å². The summed E-state index contributed by atoms with van der Waals surface area (Å²) >= 11 is 3.50. The van der Waals surface area contributed by atoms with Crippen LogP contribution in [0.15, 0.2) is 51.9 Å². The molecule has 0 aromatic heterocycles. The maximum absolute atomic E-state index is 11.8. The van der Waals surface area contributed by atoms with Crippen LogP contribution in [0.3, 0.4) is 0 Å². The van der Waals surface area contributed by atoms with Crippen LogP contribution in [-0.2, 0) is 17.9 Å². The Labute approximate surface area is 174 Å². The van der Waals surface area contributed by atoms with Crippen LogP contribution in [0.1, 0.15) is 24.0 Å². The molecule has 2 N–H and O–H groups in total. The molecule has 2 aromatic carbocycles. The van der Waals surface area contributed by atoms with Crippen LogP contribution in [0.25, 0.3) is 0 Å². The molecule has 7 heteroatoms. The van der Waals surface area contributed by atoms with E-state index in [1.54, 1.807) is 14.2 Å². The first-order valence-electron chi connectivity index (χ1n) is 9.27. The van der Waals surface area contributed by atoms with Crippen molar-refractivity contribution < 1.29 is 9.53 Å². The normalized spacial score (nSPS) is 14.3. The molecule has 0 aliphatic carbocycles. The fourth-order valence-corrected chi connectivity index (χ4v) is 3.71. The third kappa shape index (κ3) is 5.04. The minimum absolute atomic E-state index is 0.209. The first kappa shape index (κ1) is 20.2. The second-order valence-electron chi connectivity index (χ2n) is 6.56. The van der Waals surface area contributed by atoms with Gasteiger partial charge >= 0.3 is 0 Å². The minimum atomic E-state index is 0.209. The fourth-order valence-electron chi connectivity index (χ4n) is 3.13. The number of hydrogen-bond acceptors (Lipinski definition) is 3. The lowest BCUT2D eigenvalue weighted by atomic mass is 10.2. The number of benzene rings is 2. The van der Waals surface area contributed by atoms with Gasteiger partial charge in [0.2, 0.25) is 5.91 Å². The zero-order valence-corrected chi connectivity index (χ0v) is 17.8. The Kier molecular flexibility index (Phi) is 6.92. The summed E-state index contributed by atoms with van der Waals surface area (Å²) in [6, 6.07) is 14.1. The third-order valence-electron chi connectivity index (χ3n) is 4.68. The van der Waals surface area contributed by atoms with Gasteiger partial charge in [0.25, 0.3) is 0 Å². The summed E-state index contributed by atoms with van der Waals surface area (Å²) in [7, 11) is 3.40. The van der Waals surface area contributed by atoms with E-state index in [0.717, 1.165) is 46.0 Å². The van der Waals surface area contributed by atoms with Crippen molar-refractivity contribution in [2.45, 2.75) is 25.9 Å². The van der Waals surface area contributed by atoms with Gasteiger partial charge in [0.05, 0.1) is 11.6 Å². The number of halogens is 1. The number of guanidine groups is 1. The van der Waals surface area contributed by atoms with Gasteiger partial charge < -0.3 is 20.3 Å². The third-order valence-corrected chi connectivity index (χ3v) is 5.30. The number of hydrogen-bond donors (Lipinski definition) is 2. The van der Waals surface area contributed by atoms with Gasteiger partial charge in [0.15, 0.2) is 5.96 Å². The van der Waals surface area contributed by atoms with Gasteiger partial charge in [-0.2, -0.15) is 0 Å². The van der Waals surface area contributed by atoms with Gasteiger partial charge in [-0.3, -0.25) is 9.79 Å². The summed E-state index contributed by atoms with van der Waals surface area (Å²) in [5, 5.41) is 6.62. The van der Waals surface area contributed by atoms with Gasteiger partial charge in [-0.1, -0.05) is 18.2 Å². The fraction of sp³-hybridized carbons (Fsp3) is 0.333. The van der Waals surface area contributed by atoms with E-state index < -0.39 is 0 Å². The first-order valence-corrected chi connectivity index (χ1v) is 10.1. The van der Waals surface area contributed by atoms with E-state index in [0.29, 0.717) is 19.5 Å². The topological polar surface area (TPSA) is 66.0 Å². The number of anilines is 1. The van der Waals surface area contributed by atoms with E-state index in [4.69, 9.17) is 4.74 Å². The molecule has 1 saturated heterocycles. The van der Waals surface area contributed by atoms with Crippen molar-refractivity contribution in [2.75, 3.05) is 25.6 Å². The van der Waals surface area contributed by atoms with E-state index >= 15 is 0 Å². The van der Waals surface area contributed by atoms with Crippen molar-refractivity contribution in [3.05, 3.63) is 58.1 Å². The Bertz CT molecular complexity index is 852. The summed E-state index contributed by atoms with van der Waals surface area (Å²) in [5.41, 5.74) is 3.22. The van der Waals surface area contributed by atoms with Crippen LogP contribution >= 0.6 is 15.9 Å². The number of nitrogens with one attached hydrogen (secondary N) is 2. The zero-order chi connectivity index (χ0) is 19.9. The summed E-state index contributed by atoms with van der Waals surface area (Å²) in [4.78, 5) is 18.0. The lowest BCUT2D eigenvalue weighted by molar-refractivity contribution is -0.117. The van der Waals surface area contributed by atoms with E-state index in [-0.39, 0.29) is 5.91 Å². The molecule has 28 heavy (non-hydrogen) atoms. The molecule has 0 atom stereocenters. The van der Waals surface area contributed by atoms with Gasteiger partial charge in [0, 0.05) is 38.8 Å². The number of amides is 1. The number of carbonyl (C=O) groups excluding carboxylic acids is 1. The standard InChI is InChI=1S/C21H25BrN4O2/c1-23-21(25-14-16-7-10-19(28-2)18(22)12-16)24-13-15-5-8-17(9-6-15)26-11-3-4-20(26)27/h5-10,12H,3-4,11,13-14H2,1-2H3,(H2,23,24,25). The molecule has 0 radical (unpaired) electrons. The molecule has 1 heterocycles. The highest BCUT2D eigenvalue weighted by Gasteiger charge is 2.21. The average molecular weight is 445 g/mol. The first-order chi connectivity index (χ1) is 13.6. The van der Waals surface area contributed by atoms with Crippen molar-refractivity contribution in [3.8, 4) is 5.75 Å². The van der Waals surface area contributed by atoms with E-state index in [1.807, 2.05) is 47.4 Å². The van der Waals surface area contributed by atoms with Crippen LogP contribution < -0.4 is 20.3 Å². The molecule has 0 saturated carbocycles. The molecule has 148 valence electrons. The summed E-state index contributed by atoms with van der Waals surface area (Å²) in [5.74, 6) is 1.75. The molecule has 0 spiro atoms. The summed E-state index contributed by atoms with van der Waals surface area (Å²) < 4.78 is 6.18. The van der Waals surface area contributed by atoms with Gasteiger partial charge in [-0.25, -0.2) is 0 Å². The highest BCUT2D eigenvalue weighted by Crippen LogP contribution is 2.25.